The topological polar surface area (TPSA) is 12.0 Å². The minimum Gasteiger partial charge on any atom is -0.310 e. The predicted molar refractivity (Wildman–Crippen MR) is 78.8 cm³/mol. The third-order valence-corrected chi connectivity index (χ3v) is 6.29. The summed E-state index contributed by atoms with van der Waals surface area (Å²) in [6.07, 6.45) is 7.22. The highest BCUT2D eigenvalue weighted by atomic mass is 19.1. The molecule has 108 valence electrons. The van der Waals surface area contributed by atoms with Crippen LogP contribution in [0.3, 0.4) is 0 Å². The summed E-state index contributed by atoms with van der Waals surface area (Å²) in [5, 5.41) is 3.74. The summed E-state index contributed by atoms with van der Waals surface area (Å²) in [6.45, 7) is 2.90. The standard InChI is InChI=1S/C18H24FN/c1-11-5-6-14(19)7-13(11)10-20-18-9-12-8-17(18)16-4-2-3-15(12)16/h5-7,12,15-18,20H,2-4,8-10H2,1H3. The van der Waals surface area contributed by atoms with Crippen LogP contribution in [0.15, 0.2) is 18.2 Å². The summed E-state index contributed by atoms with van der Waals surface area (Å²) in [5.74, 6) is 3.82. The maximum absolute atomic E-state index is 13.3. The zero-order chi connectivity index (χ0) is 13.7. The summed E-state index contributed by atoms with van der Waals surface area (Å²) in [6, 6.07) is 5.81. The lowest BCUT2D eigenvalue weighted by Crippen LogP contribution is -2.39. The second-order valence-corrected chi connectivity index (χ2v) is 7.21. The number of fused-ring (bicyclic) bond motifs is 5. The van der Waals surface area contributed by atoms with E-state index in [4.69, 9.17) is 0 Å². The van der Waals surface area contributed by atoms with Crippen LogP contribution < -0.4 is 5.32 Å². The second kappa shape index (κ2) is 4.84. The number of halogens is 1. The largest absolute Gasteiger partial charge is 0.310 e. The molecule has 3 aliphatic carbocycles. The van der Waals surface area contributed by atoms with Gasteiger partial charge in [0.25, 0.3) is 0 Å². The third-order valence-electron chi connectivity index (χ3n) is 6.29. The summed E-state index contributed by atoms with van der Waals surface area (Å²) in [4.78, 5) is 0. The van der Waals surface area contributed by atoms with Crippen molar-refractivity contribution in [3.8, 4) is 0 Å². The Morgan fingerprint density at radius 3 is 2.90 bits per heavy atom. The highest BCUT2D eigenvalue weighted by Gasteiger charge is 2.53. The van der Waals surface area contributed by atoms with Gasteiger partial charge in [-0.1, -0.05) is 12.5 Å². The summed E-state index contributed by atoms with van der Waals surface area (Å²) in [7, 11) is 0. The number of hydrogen-bond donors (Lipinski definition) is 1. The number of aryl methyl sites for hydroxylation is 1. The van der Waals surface area contributed by atoms with Gasteiger partial charge in [-0.25, -0.2) is 4.39 Å². The molecule has 0 spiro atoms. The molecule has 0 radical (unpaired) electrons. The molecule has 0 saturated heterocycles. The van der Waals surface area contributed by atoms with E-state index in [0.717, 1.165) is 35.8 Å². The van der Waals surface area contributed by atoms with E-state index in [1.54, 1.807) is 12.1 Å². The lowest BCUT2D eigenvalue weighted by Gasteiger charge is -2.32. The highest BCUT2D eigenvalue weighted by molar-refractivity contribution is 5.26. The quantitative estimate of drug-likeness (QED) is 0.876. The van der Waals surface area contributed by atoms with E-state index in [1.807, 2.05) is 6.07 Å². The van der Waals surface area contributed by atoms with Gasteiger partial charge in [-0.05, 0) is 79.5 Å². The van der Waals surface area contributed by atoms with Gasteiger partial charge in [-0.2, -0.15) is 0 Å². The minimum atomic E-state index is -0.115. The van der Waals surface area contributed by atoms with Gasteiger partial charge >= 0.3 is 0 Å². The van der Waals surface area contributed by atoms with E-state index in [1.165, 1.54) is 37.7 Å². The van der Waals surface area contributed by atoms with Crippen LogP contribution in [0.5, 0.6) is 0 Å². The monoisotopic (exact) mass is 273 g/mol. The molecule has 2 heteroatoms. The number of nitrogens with one attached hydrogen (secondary N) is 1. The van der Waals surface area contributed by atoms with Gasteiger partial charge in [-0.3, -0.25) is 0 Å². The maximum Gasteiger partial charge on any atom is 0.123 e. The number of benzene rings is 1. The van der Waals surface area contributed by atoms with Crippen molar-refractivity contribution in [2.45, 2.75) is 51.6 Å². The van der Waals surface area contributed by atoms with Crippen LogP contribution >= 0.6 is 0 Å². The first kappa shape index (κ1) is 12.8. The van der Waals surface area contributed by atoms with E-state index < -0.39 is 0 Å². The van der Waals surface area contributed by atoms with Crippen molar-refractivity contribution < 1.29 is 4.39 Å². The molecule has 0 heterocycles. The Morgan fingerprint density at radius 1 is 1.15 bits per heavy atom. The Hall–Kier alpha value is -0.890. The normalized spacial score (nSPS) is 38.4. The van der Waals surface area contributed by atoms with Crippen LogP contribution in [0, 0.1) is 36.4 Å². The summed E-state index contributed by atoms with van der Waals surface area (Å²) in [5.41, 5.74) is 2.32. The first-order valence-corrected chi connectivity index (χ1v) is 8.21. The van der Waals surface area contributed by atoms with Crippen LogP contribution in [0.2, 0.25) is 0 Å². The molecule has 1 aromatic rings. The average Bonchev–Trinajstić information content (AvgIpc) is 3.10. The van der Waals surface area contributed by atoms with Gasteiger partial charge in [0.2, 0.25) is 0 Å². The van der Waals surface area contributed by atoms with E-state index >= 15 is 0 Å². The van der Waals surface area contributed by atoms with Gasteiger partial charge < -0.3 is 5.32 Å². The fraction of sp³-hybridized carbons (Fsp3) is 0.667. The van der Waals surface area contributed by atoms with Gasteiger partial charge in [0.1, 0.15) is 5.82 Å². The lowest BCUT2D eigenvalue weighted by molar-refractivity contribution is 0.208. The molecule has 0 aromatic heterocycles. The Labute approximate surface area is 121 Å². The molecule has 3 saturated carbocycles. The summed E-state index contributed by atoms with van der Waals surface area (Å²) >= 11 is 0. The number of rotatable bonds is 3. The van der Waals surface area contributed by atoms with Crippen LogP contribution in [0.4, 0.5) is 4.39 Å². The van der Waals surface area contributed by atoms with Crippen molar-refractivity contribution in [1.29, 1.82) is 0 Å². The Balaban J connectivity index is 1.42. The molecule has 3 fully saturated rings. The van der Waals surface area contributed by atoms with E-state index in [9.17, 15) is 4.39 Å². The first-order valence-electron chi connectivity index (χ1n) is 8.21. The van der Waals surface area contributed by atoms with Crippen molar-refractivity contribution in [2.24, 2.45) is 23.7 Å². The van der Waals surface area contributed by atoms with Crippen LogP contribution in [0.1, 0.15) is 43.2 Å². The third kappa shape index (κ3) is 2.00. The van der Waals surface area contributed by atoms with E-state index in [0.29, 0.717) is 6.04 Å². The Kier molecular flexibility index (Phi) is 3.10. The Bertz CT molecular complexity index is 512. The zero-order valence-corrected chi connectivity index (χ0v) is 12.2. The molecule has 0 amide bonds. The molecule has 20 heavy (non-hydrogen) atoms. The van der Waals surface area contributed by atoms with Crippen molar-refractivity contribution >= 4 is 0 Å². The summed E-state index contributed by atoms with van der Waals surface area (Å²) < 4.78 is 13.3. The van der Waals surface area contributed by atoms with Crippen molar-refractivity contribution in [1.82, 2.24) is 5.32 Å². The predicted octanol–water partition coefficient (Wildman–Crippen LogP) is 4.05. The molecule has 4 rings (SSSR count). The molecular weight excluding hydrogens is 249 g/mol. The van der Waals surface area contributed by atoms with Crippen molar-refractivity contribution in [3.05, 3.63) is 35.1 Å². The van der Waals surface area contributed by atoms with Gasteiger partial charge in [0.15, 0.2) is 0 Å². The lowest BCUT2D eigenvalue weighted by atomic mass is 9.79. The molecule has 1 nitrogen and oxygen atoms in total. The molecule has 1 aromatic carbocycles. The fourth-order valence-corrected chi connectivity index (χ4v) is 5.37. The van der Waals surface area contributed by atoms with Gasteiger partial charge in [-0.15, -0.1) is 0 Å². The molecule has 2 bridgehead atoms. The number of hydrogen-bond acceptors (Lipinski definition) is 1. The second-order valence-electron chi connectivity index (χ2n) is 7.21. The maximum atomic E-state index is 13.3. The molecule has 0 aliphatic heterocycles. The molecule has 5 unspecified atom stereocenters. The van der Waals surface area contributed by atoms with Crippen LogP contribution in [0.25, 0.3) is 0 Å². The van der Waals surface area contributed by atoms with E-state index in [-0.39, 0.29) is 5.82 Å². The minimum absolute atomic E-state index is 0.115. The molecular formula is C18H24FN. The molecule has 5 atom stereocenters. The van der Waals surface area contributed by atoms with Crippen molar-refractivity contribution in [3.63, 3.8) is 0 Å². The highest BCUT2D eigenvalue weighted by Crippen LogP contribution is 2.58. The zero-order valence-electron chi connectivity index (χ0n) is 12.2. The Morgan fingerprint density at radius 2 is 2.00 bits per heavy atom. The van der Waals surface area contributed by atoms with Crippen LogP contribution in [-0.2, 0) is 6.54 Å². The average molecular weight is 273 g/mol. The van der Waals surface area contributed by atoms with E-state index in [2.05, 4.69) is 12.2 Å². The molecule has 1 N–H and O–H groups in total. The SMILES string of the molecule is Cc1ccc(F)cc1CNC1CC2CC1C1CCCC21. The first-order chi connectivity index (χ1) is 9.72. The van der Waals surface area contributed by atoms with Gasteiger partial charge in [0, 0.05) is 12.6 Å². The molecule has 3 aliphatic rings. The van der Waals surface area contributed by atoms with Gasteiger partial charge in [0.05, 0.1) is 0 Å². The fourth-order valence-electron chi connectivity index (χ4n) is 5.37. The smallest absolute Gasteiger partial charge is 0.123 e. The van der Waals surface area contributed by atoms with Crippen LogP contribution in [-0.4, -0.2) is 6.04 Å². The van der Waals surface area contributed by atoms with Crippen molar-refractivity contribution in [2.75, 3.05) is 0 Å².